The maximum Gasteiger partial charge on any atom is 0.335 e. The molecule has 0 radical (unpaired) electrons. The highest BCUT2D eigenvalue weighted by atomic mass is 32.1. The number of carbonyl (C=O) groups is 2. The molecule has 0 atom stereocenters. The van der Waals surface area contributed by atoms with Crippen LogP contribution in [0.2, 0.25) is 0 Å². The summed E-state index contributed by atoms with van der Waals surface area (Å²) in [6.45, 7) is 8.32. The standard InChI is InChI=1S/C56H45N3O4S2/c1-55(2)47-34-38(53(60)61)16-30-49(47)57-51(55)32-28-45-26-24-43(64-45)22-14-36-10-18-41(19-11-36)59(40-8-6-5-7-9-40)42-20-12-37(13-21-42)15-23-44-25-27-46(65-44)29-33-52-56(3,4)48-35-39(54(62)63)17-31-50(48)58-52/h5-35H,1-4H3,(H,60,61)(H,62,63). The number of thiophene rings is 2. The molecule has 9 heteroatoms. The number of aromatic carboxylic acids is 2. The number of carboxylic acids is 2. The second-order valence-corrected chi connectivity index (χ2v) is 19.3. The zero-order valence-corrected chi connectivity index (χ0v) is 37.9. The molecule has 9 rings (SSSR count). The smallest absolute Gasteiger partial charge is 0.335 e. The summed E-state index contributed by atoms with van der Waals surface area (Å²) in [6.07, 6.45) is 16.8. The van der Waals surface area contributed by atoms with Gasteiger partial charge in [0.15, 0.2) is 0 Å². The first-order chi connectivity index (χ1) is 31.3. The van der Waals surface area contributed by atoms with Gasteiger partial charge in [-0.3, -0.25) is 9.98 Å². The molecule has 2 N–H and O–H groups in total. The van der Waals surface area contributed by atoms with E-state index in [1.54, 1.807) is 59.1 Å². The summed E-state index contributed by atoms with van der Waals surface area (Å²) in [4.78, 5) is 39.5. The summed E-state index contributed by atoms with van der Waals surface area (Å²) in [6, 6.07) is 46.3. The molecule has 0 aliphatic carbocycles. The minimum Gasteiger partial charge on any atom is -0.478 e. The Balaban J connectivity index is 0.844. The van der Waals surface area contributed by atoms with Crippen molar-refractivity contribution in [2.45, 2.75) is 38.5 Å². The zero-order chi connectivity index (χ0) is 45.3. The van der Waals surface area contributed by atoms with Gasteiger partial charge in [0.1, 0.15) is 0 Å². The minimum atomic E-state index is -0.935. The van der Waals surface area contributed by atoms with Crippen LogP contribution in [-0.2, 0) is 10.8 Å². The van der Waals surface area contributed by atoms with E-state index in [0.717, 1.165) is 81.6 Å². The van der Waals surface area contributed by atoms with Crippen LogP contribution in [0.1, 0.15) is 90.2 Å². The van der Waals surface area contributed by atoms with Crippen LogP contribution < -0.4 is 4.90 Å². The second-order valence-electron chi connectivity index (χ2n) is 17.0. The predicted octanol–water partition coefficient (Wildman–Crippen LogP) is 15.2. The number of para-hydroxylation sites is 1. The first-order valence-electron chi connectivity index (χ1n) is 21.2. The fraction of sp³-hybridized carbons (Fsp3) is 0.107. The van der Waals surface area contributed by atoms with Crippen molar-refractivity contribution < 1.29 is 19.8 Å². The Morgan fingerprint density at radius 1 is 0.462 bits per heavy atom. The Labute approximate surface area is 386 Å². The lowest BCUT2D eigenvalue weighted by Gasteiger charge is -2.25. The fourth-order valence-electron chi connectivity index (χ4n) is 8.11. The molecule has 0 spiro atoms. The number of aliphatic imine (C=N–C) groups is 2. The monoisotopic (exact) mass is 887 g/mol. The summed E-state index contributed by atoms with van der Waals surface area (Å²) in [5.74, 6) is -1.87. The lowest BCUT2D eigenvalue weighted by molar-refractivity contribution is 0.0686. The number of allylic oxidation sites excluding steroid dienone is 2. The number of benzene rings is 5. The van der Waals surface area contributed by atoms with Crippen LogP contribution in [-0.4, -0.2) is 33.6 Å². The van der Waals surface area contributed by atoms with Crippen LogP contribution in [0.5, 0.6) is 0 Å². The summed E-state index contributed by atoms with van der Waals surface area (Å²) < 4.78 is 0. The number of hydrogen-bond acceptors (Lipinski definition) is 7. The number of hydrogen-bond donors (Lipinski definition) is 2. The average molecular weight is 888 g/mol. The molecule has 0 unspecified atom stereocenters. The molecule has 65 heavy (non-hydrogen) atoms. The Morgan fingerprint density at radius 2 is 0.831 bits per heavy atom. The molecule has 0 bridgehead atoms. The van der Waals surface area contributed by atoms with Gasteiger partial charge in [-0.2, -0.15) is 0 Å². The molecule has 320 valence electrons. The summed E-state index contributed by atoms with van der Waals surface area (Å²) >= 11 is 3.40. The molecule has 0 fully saturated rings. The van der Waals surface area contributed by atoms with Gasteiger partial charge in [0, 0.05) is 47.4 Å². The highest BCUT2D eigenvalue weighted by Crippen LogP contribution is 2.43. The molecule has 0 saturated carbocycles. The number of fused-ring (bicyclic) bond motifs is 2. The largest absolute Gasteiger partial charge is 0.478 e. The molecular formula is C56H45N3O4S2. The van der Waals surface area contributed by atoms with E-state index in [2.05, 4.69) is 166 Å². The van der Waals surface area contributed by atoms with Crippen LogP contribution in [0.3, 0.4) is 0 Å². The molecule has 0 amide bonds. The molecule has 4 heterocycles. The number of anilines is 3. The molecule has 0 saturated heterocycles. The maximum absolute atomic E-state index is 11.6. The van der Waals surface area contributed by atoms with Crippen LogP contribution in [0.25, 0.3) is 36.5 Å². The van der Waals surface area contributed by atoms with Gasteiger partial charge in [-0.15, -0.1) is 22.7 Å². The van der Waals surface area contributed by atoms with Gasteiger partial charge in [0.25, 0.3) is 0 Å². The first-order valence-corrected chi connectivity index (χ1v) is 22.9. The van der Waals surface area contributed by atoms with Crippen LogP contribution in [0.15, 0.2) is 162 Å². The van der Waals surface area contributed by atoms with Crippen molar-refractivity contribution in [3.05, 3.63) is 205 Å². The fourth-order valence-corrected chi connectivity index (χ4v) is 9.74. The average Bonchev–Trinajstić information content (AvgIpc) is 4.08. The molecule has 5 aromatic carbocycles. The quantitative estimate of drug-likeness (QED) is 0.120. The number of nitrogens with zero attached hydrogens (tertiary/aromatic N) is 3. The third-order valence-corrected chi connectivity index (χ3v) is 13.9. The van der Waals surface area contributed by atoms with E-state index < -0.39 is 22.8 Å². The first kappa shape index (κ1) is 42.8. The van der Waals surface area contributed by atoms with Gasteiger partial charge in [-0.1, -0.05) is 82.3 Å². The summed E-state index contributed by atoms with van der Waals surface area (Å²) in [7, 11) is 0. The van der Waals surface area contributed by atoms with E-state index >= 15 is 0 Å². The van der Waals surface area contributed by atoms with Gasteiger partial charge in [0.2, 0.25) is 0 Å². The summed E-state index contributed by atoms with van der Waals surface area (Å²) in [5, 5.41) is 19.0. The van der Waals surface area contributed by atoms with E-state index in [9.17, 15) is 19.8 Å². The highest BCUT2D eigenvalue weighted by molar-refractivity contribution is 7.14. The topological polar surface area (TPSA) is 103 Å². The Hall–Kier alpha value is -7.46. The Bertz CT molecular complexity index is 2950. The minimum absolute atomic E-state index is 0.275. The van der Waals surface area contributed by atoms with E-state index in [-0.39, 0.29) is 11.1 Å². The van der Waals surface area contributed by atoms with Crippen LogP contribution in [0.4, 0.5) is 28.4 Å². The predicted molar refractivity (Wildman–Crippen MR) is 273 cm³/mol. The third-order valence-electron chi connectivity index (χ3n) is 11.9. The summed E-state index contributed by atoms with van der Waals surface area (Å²) in [5.41, 5.74) is 10.4. The molecule has 2 aliphatic heterocycles. The van der Waals surface area contributed by atoms with Gasteiger partial charge < -0.3 is 15.1 Å². The van der Waals surface area contributed by atoms with E-state index in [4.69, 9.17) is 9.98 Å². The van der Waals surface area contributed by atoms with Crippen molar-refractivity contribution >= 4 is 111 Å². The lowest BCUT2D eigenvalue weighted by atomic mass is 9.81. The molecule has 2 aromatic heterocycles. The van der Waals surface area contributed by atoms with Crippen molar-refractivity contribution in [1.82, 2.24) is 0 Å². The van der Waals surface area contributed by atoms with Crippen molar-refractivity contribution in [2.24, 2.45) is 9.98 Å². The zero-order valence-electron chi connectivity index (χ0n) is 36.3. The molecule has 7 aromatic rings. The third kappa shape index (κ3) is 9.02. The SMILES string of the molecule is CC1(C)C(C=Cc2ccc(C=Cc3ccc(N(c4ccccc4)c4ccc(C=Cc5ccc(C=CC6=Nc7ccc(C(=O)O)cc7C6(C)C)s5)cc4)cc3)s2)=Nc2ccc(C(=O)O)cc21. The van der Waals surface area contributed by atoms with E-state index in [0.29, 0.717) is 0 Å². The van der Waals surface area contributed by atoms with Crippen molar-refractivity contribution in [3.8, 4) is 0 Å². The molecule has 7 nitrogen and oxygen atoms in total. The number of rotatable bonds is 13. The van der Waals surface area contributed by atoms with Crippen molar-refractivity contribution in [2.75, 3.05) is 4.90 Å². The molecular weight excluding hydrogens is 843 g/mol. The lowest BCUT2D eigenvalue weighted by Crippen LogP contribution is -2.24. The van der Waals surface area contributed by atoms with Gasteiger partial charge in [-0.05, 0) is 156 Å². The maximum atomic E-state index is 11.6. The van der Waals surface area contributed by atoms with Crippen molar-refractivity contribution in [3.63, 3.8) is 0 Å². The van der Waals surface area contributed by atoms with Gasteiger partial charge >= 0.3 is 11.9 Å². The van der Waals surface area contributed by atoms with Crippen LogP contribution >= 0.6 is 22.7 Å². The Morgan fingerprint density at radius 3 is 1.22 bits per heavy atom. The normalized spacial score (nSPS) is 14.9. The number of carboxylic acid groups (broad SMARTS) is 2. The van der Waals surface area contributed by atoms with Gasteiger partial charge in [-0.25, -0.2) is 9.59 Å². The van der Waals surface area contributed by atoms with Gasteiger partial charge in [0.05, 0.1) is 33.9 Å². The Kier molecular flexibility index (Phi) is 11.6. The molecule has 2 aliphatic rings. The van der Waals surface area contributed by atoms with E-state index in [1.807, 2.05) is 18.2 Å². The van der Waals surface area contributed by atoms with E-state index in [1.165, 1.54) is 0 Å². The van der Waals surface area contributed by atoms with Crippen molar-refractivity contribution in [1.29, 1.82) is 0 Å². The second kappa shape index (κ2) is 17.6. The van der Waals surface area contributed by atoms with Crippen LogP contribution in [0, 0.1) is 0 Å². The highest BCUT2D eigenvalue weighted by Gasteiger charge is 2.35.